The standard InChI is InChI=1S/C16H18N6O/c1-4-10(2)21-22-15-11(9-13(17)20-16(15)18)8-12-6-5-7-14(19-12)23-3/h4-7,9H,1-2,8H2,3H3,(H4,17,18,20). The summed E-state index contributed by atoms with van der Waals surface area (Å²) >= 11 is 0. The van der Waals surface area contributed by atoms with Crippen LogP contribution in [0.2, 0.25) is 0 Å². The predicted molar refractivity (Wildman–Crippen MR) is 90.5 cm³/mol. The topological polar surface area (TPSA) is 112 Å². The normalized spacial score (nSPS) is 10.7. The maximum Gasteiger partial charge on any atom is 0.213 e. The Morgan fingerprint density at radius 2 is 2.13 bits per heavy atom. The van der Waals surface area contributed by atoms with E-state index in [1.807, 2.05) is 12.1 Å². The summed E-state index contributed by atoms with van der Waals surface area (Å²) in [4.78, 5) is 8.38. The highest BCUT2D eigenvalue weighted by atomic mass is 16.5. The van der Waals surface area contributed by atoms with E-state index in [4.69, 9.17) is 16.2 Å². The number of nitrogens with two attached hydrogens (primary N) is 2. The third-order valence-electron chi connectivity index (χ3n) is 2.99. The van der Waals surface area contributed by atoms with Crippen molar-refractivity contribution in [2.24, 2.45) is 10.2 Å². The van der Waals surface area contributed by atoms with Crippen molar-refractivity contribution in [2.45, 2.75) is 6.42 Å². The number of ether oxygens (including phenoxy) is 1. The van der Waals surface area contributed by atoms with Gasteiger partial charge < -0.3 is 16.2 Å². The van der Waals surface area contributed by atoms with Crippen molar-refractivity contribution in [3.05, 3.63) is 60.5 Å². The third-order valence-corrected chi connectivity index (χ3v) is 2.99. The number of rotatable bonds is 6. The van der Waals surface area contributed by atoms with E-state index in [9.17, 15) is 0 Å². The Balaban J connectivity index is 2.41. The van der Waals surface area contributed by atoms with Crippen LogP contribution in [0.3, 0.4) is 0 Å². The van der Waals surface area contributed by atoms with E-state index in [2.05, 4.69) is 33.4 Å². The fourth-order valence-corrected chi connectivity index (χ4v) is 1.91. The van der Waals surface area contributed by atoms with Crippen LogP contribution in [0.15, 0.2) is 59.4 Å². The van der Waals surface area contributed by atoms with E-state index in [-0.39, 0.29) is 5.82 Å². The zero-order chi connectivity index (χ0) is 16.8. The van der Waals surface area contributed by atoms with Crippen LogP contribution < -0.4 is 16.2 Å². The molecule has 2 aromatic heterocycles. The van der Waals surface area contributed by atoms with Crippen LogP contribution in [-0.4, -0.2) is 17.1 Å². The number of nitrogen functional groups attached to an aromatic ring is 2. The summed E-state index contributed by atoms with van der Waals surface area (Å²) in [6, 6.07) is 7.20. The molecule has 23 heavy (non-hydrogen) atoms. The lowest BCUT2D eigenvalue weighted by Gasteiger charge is -2.09. The highest BCUT2D eigenvalue weighted by Crippen LogP contribution is 2.30. The Kier molecular flexibility index (Phi) is 5.03. The second-order valence-corrected chi connectivity index (χ2v) is 4.68. The number of hydrogen-bond donors (Lipinski definition) is 2. The molecule has 0 bridgehead atoms. The Bertz CT molecular complexity index is 769. The first-order valence-electron chi connectivity index (χ1n) is 6.81. The molecule has 0 amide bonds. The largest absolute Gasteiger partial charge is 0.481 e. The monoisotopic (exact) mass is 310 g/mol. The van der Waals surface area contributed by atoms with E-state index in [0.29, 0.717) is 29.5 Å². The van der Waals surface area contributed by atoms with E-state index in [1.165, 1.54) is 6.08 Å². The molecule has 0 aliphatic heterocycles. The molecule has 0 saturated carbocycles. The number of allylic oxidation sites excluding steroid dienone is 1. The zero-order valence-corrected chi connectivity index (χ0v) is 12.9. The van der Waals surface area contributed by atoms with Crippen LogP contribution >= 0.6 is 0 Å². The third kappa shape index (κ3) is 4.13. The molecule has 0 spiro atoms. The van der Waals surface area contributed by atoms with Crippen LogP contribution in [0.25, 0.3) is 0 Å². The predicted octanol–water partition coefficient (Wildman–Crippen LogP) is 3.02. The Morgan fingerprint density at radius 3 is 2.83 bits per heavy atom. The molecule has 0 fully saturated rings. The summed E-state index contributed by atoms with van der Waals surface area (Å²) in [7, 11) is 1.56. The van der Waals surface area contributed by atoms with E-state index in [0.717, 1.165) is 11.3 Å². The van der Waals surface area contributed by atoms with Gasteiger partial charge >= 0.3 is 0 Å². The highest BCUT2D eigenvalue weighted by Gasteiger charge is 2.11. The first-order valence-corrected chi connectivity index (χ1v) is 6.81. The number of anilines is 2. The lowest BCUT2D eigenvalue weighted by molar-refractivity contribution is 0.396. The fraction of sp³-hybridized carbons (Fsp3) is 0.125. The van der Waals surface area contributed by atoms with Crippen molar-refractivity contribution in [1.29, 1.82) is 0 Å². The molecule has 2 heterocycles. The van der Waals surface area contributed by atoms with Gasteiger partial charge in [-0.15, -0.1) is 5.11 Å². The quantitative estimate of drug-likeness (QED) is 0.629. The molecule has 0 atom stereocenters. The first-order chi connectivity index (χ1) is 11.0. The van der Waals surface area contributed by atoms with Gasteiger partial charge in [-0.25, -0.2) is 9.97 Å². The van der Waals surface area contributed by atoms with Crippen LogP contribution in [0.4, 0.5) is 17.3 Å². The number of aromatic nitrogens is 2. The van der Waals surface area contributed by atoms with Crippen LogP contribution in [0.1, 0.15) is 11.3 Å². The molecule has 4 N–H and O–H groups in total. The molecular formula is C16H18N6O. The molecule has 2 aromatic rings. The van der Waals surface area contributed by atoms with Crippen LogP contribution in [0, 0.1) is 0 Å². The lowest BCUT2D eigenvalue weighted by Crippen LogP contribution is -2.02. The van der Waals surface area contributed by atoms with Crippen LogP contribution in [-0.2, 0) is 6.42 Å². The molecule has 118 valence electrons. The lowest BCUT2D eigenvalue weighted by atomic mass is 10.1. The summed E-state index contributed by atoms with van der Waals surface area (Å²) in [5, 5.41) is 8.05. The molecule has 7 heteroatoms. The smallest absolute Gasteiger partial charge is 0.213 e. The average Bonchev–Trinajstić information content (AvgIpc) is 2.53. The van der Waals surface area contributed by atoms with Crippen molar-refractivity contribution in [2.75, 3.05) is 18.6 Å². The van der Waals surface area contributed by atoms with Crippen molar-refractivity contribution in [1.82, 2.24) is 9.97 Å². The number of methoxy groups -OCH3 is 1. The first kappa shape index (κ1) is 16.2. The van der Waals surface area contributed by atoms with Gasteiger partial charge in [-0.1, -0.05) is 19.2 Å². The Hall–Kier alpha value is -3.22. The summed E-state index contributed by atoms with van der Waals surface area (Å²) in [5.41, 5.74) is 14.1. The van der Waals surface area contributed by atoms with Crippen LogP contribution in [0.5, 0.6) is 5.88 Å². The SMILES string of the molecule is C=CC(=C)N=Nc1c(Cc2cccc(OC)n2)cc(N)nc1N. The van der Waals surface area contributed by atoms with Gasteiger partial charge in [-0.3, -0.25) is 0 Å². The van der Waals surface area contributed by atoms with E-state index < -0.39 is 0 Å². The van der Waals surface area contributed by atoms with Gasteiger partial charge in [0, 0.05) is 18.2 Å². The van der Waals surface area contributed by atoms with E-state index in [1.54, 1.807) is 19.2 Å². The maximum absolute atomic E-state index is 5.91. The van der Waals surface area contributed by atoms with Gasteiger partial charge in [0.05, 0.1) is 12.8 Å². The van der Waals surface area contributed by atoms with Gasteiger partial charge in [0.2, 0.25) is 5.88 Å². The number of hydrogen-bond acceptors (Lipinski definition) is 7. The highest BCUT2D eigenvalue weighted by molar-refractivity contribution is 5.66. The second kappa shape index (κ2) is 7.17. The average molecular weight is 310 g/mol. The molecule has 0 aliphatic carbocycles. The van der Waals surface area contributed by atoms with Gasteiger partial charge in [0.15, 0.2) is 5.82 Å². The van der Waals surface area contributed by atoms with Crippen molar-refractivity contribution in [3.8, 4) is 5.88 Å². The zero-order valence-electron chi connectivity index (χ0n) is 12.9. The molecule has 7 nitrogen and oxygen atoms in total. The van der Waals surface area contributed by atoms with Gasteiger partial charge in [-0.05, 0) is 23.8 Å². The molecular weight excluding hydrogens is 292 g/mol. The summed E-state index contributed by atoms with van der Waals surface area (Å²) in [5.74, 6) is 1.03. The minimum absolute atomic E-state index is 0.198. The Morgan fingerprint density at radius 1 is 1.35 bits per heavy atom. The summed E-state index contributed by atoms with van der Waals surface area (Å²) in [6.45, 7) is 7.25. The molecule has 0 radical (unpaired) electrons. The minimum Gasteiger partial charge on any atom is -0.481 e. The summed E-state index contributed by atoms with van der Waals surface area (Å²) in [6.07, 6.45) is 1.96. The van der Waals surface area contributed by atoms with Crippen molar-refractivity contribution in [3.63, 3.8) is 0 Å². The Labute approximate surface area is 134 Å². The molecule has 0 aliphatic rings. The molecule has 0 saturated heterocycles. The van der Waals surface area contributed by atoms with Crippen molar-refractivity contribution < 1.29 is 4.74 Å². The molecule has 0 aromatic carbocycles. The fourth-order valence-electron chi connectivity index (χ4n) is 1.91. The maximum atomic E-state index is 5.91. The summed E-state index contributed by atoms with van der Waals surface area (Å²) < 4.78 is 5.13. The van der Waals surface area contributed by atoms with E-state index >= 15 is 0 Å². The van der Waals surface area contributed by atoms with Gasteiger partial charge in [0.25, 0.3) is 0 Å². The molecule has 0 unspecified atom stereocenters. The van der Waals surface area contributed by atoms with Gasteiger partial charge in [0.1, 0.15) is 11.5 Å². The molecule has 2 rings (SSSR count). The second-order valence-electron chi connectivity index (χ2n) is 4.68. The number of pyridine rings is 2. The van der Waals surface area contributed by atoms with Crippen molar-refractivity contribution >= 4 is 17.3 Å². The number of nitrogens with zero attached hydrogens (tertiary/aromatic N) is 4. The minimum atomic E-state index is 0.198. The van der Waals surface area contributed by atoms with Gasteiger partial charge in [-0.2, -0.15) is 5.11 Å². The number of azo groups is 1.